The van der Waals surface area contributed by atoms with E-state index in [0.717, 1.165) is 50.0 Å². The molecule has 0 saturated carbocycles. The van der Waals surface area contributed by atoms with Crippen LogP contribution in [0, 0.1) is 5.92 Å². The fourth-order valence-electron chi connectivity index (χ4n) is 2.71. The first-order chi connectivity index (χ1) is 9.33. The minimum Gasteiger partial charge on any atom is -0.454 e. The Kier molecular flexibility index (Phi) is 3.89. The summed E-state index contributed by atoms with van der Waals surface area (Å²) in [7, 11) is 0. The summed E-state index contributed by atoms with van der Waals surface area (Å²) in [6.07, 6.45) is 2.32. The third-order valence-electron chi connectivity index (χ3n) is 4.04. The van der Waals surface area contributed by atoms with Gasteiger partial charge in [0.2, 0.25) is 6.79 Å². The molecule has 2 aliphatic rings. The predicted octanol–water partition coefficient (Wildman–Crippen LogP) is 2.32. The normalized spacial score (nSPS) is 20.5. The molecule has 1 N–H and O–H groups in total. The molecule has 4 nitrogen and oxygen atoms in total. The summed E-state index contributed by atoms with van der Waals surface area (Å²) >= 11 is 0. The van der Waals surface area contributed by atoms with Crippen LogP contribution in [-0.4, -0.2) is 26.0 Å². The van der Waals surface area contributed by atoms with E-state index in [1.807, 2.05) is 6.07 Å². The van der Waals surface area contributed by atoms with E-state index in [1.54, 1.807) is 0 Å². The number of nitrogens with one attached hydrogen (secondary N) is 1. The molecular formula is C15H21NO3. The standard InChI is InChI=1S/C15H21NO3/c1-11(13-4-6-17-7-5-13)16-9-12-2-3-14-15(8-12)19-10-18-14/h2-3,8,11,13,16H,4-7,9-10H2,1H3. The molecule has 0 aromatic heterocycles. The minimum atomic E-state index is 0.338. The molecule has 1 saturated heterocycles. The SMILES string of the molecule is CC(NCc1ccc2c(c1)OCO2)C1CCOCC1. The number of rotatable bonds is 4. The third-order valence-corrected chi connectivity index (χ3v) is 4.04. The number of hydrogen-bond donors (Lipinski definition) is 1. The lowest BCUT2D eigenvalue weighted by Gasteiger charge is -2.28. The van der Waals surface area contributed by atoms with Gasteiger partial charge in [-0.25, -0.2) is 0 Å². The van der Waals surface area contributed by atoms with Gasteiger partial charge in [-0.1, -0.05) is 6.07 Å². The molecule has 3 rings (SSSR count). The molecule has 0 amide bonds. The maximum atomic E-state index is 5.40. The Hall–Kier alpha value is -1.26. The molecule has 0 radical (unpaired) electrons. The summed E-state index contributed by atoms with van der Waals surface area (Å²) in [5.74, 6) is 2.43. The molecule has 0 aliphatic carbocycles. The highest BCUT2D eigenvalue weighted by Crippen LogP contribution is 2.32. The lowest BCUT2D eigenvalue weighted by molar-refractivity contribution is 0.0558. The van der Waals surface area contributed by atoms with Crippen LogP contribution in [0.25, 0.3) is 0 Å². The molecule has 1 atom stereocenters. The molecule has 0 spiro atoms. The molecule has 2 aliphatic heterocycles. The molecule has 0 bridgehead atoms. The number of hydrogen-bond acceptors (Lipinski definition) is 4. The smallest absolute Gasteiger partial charge is 0.231 e. The summed E-state index contributed by atoms with van der Waals surface area (Å²) in [5, 5.41) is 3.61. The number of ether oxygens (including phenoxy) is 3. The average Bonchev–Trinajstić information content (AvgIpc) is 2.93. The van der Waals surface area contributed by atoms with Crippen LogP contribution < -0.4 is 14.8 Å². The second kappa shape index (κ2) is 5.80. The first kappa shape index (κ1) is 12.8. The van der Waals surface area contributed by atoms with Gasteiger partial charge in [-0.3, -0.25) is 0 Å². The Morgan fingerprint density at radius 3 is 2.84 bits per heavy atom. The van der Waals surface area contributed by atoms with Crippen molar-refractivity contribution in [2.24, 2.45) is 5.92 Å². The Bertz CT molecular complexity index is 429. The van der Waals surface area contributed by atoms with Crippen LogP contribution in [-0.2, 0) is 11.3 Å². The van der Waals surface area contributed by atoms with Gasteiger partial charge in [-0.05, 0) is 43.4 Å². The molecule has 1 aromatic rings. The average molecular weight is 263 g/mol. The van der Waals surface area contributed by atoms with E-state index in [1.165, 1.54) is 5.56 Å². The number of fused-ring (bicyclic) bond motifs is 1. The van der Waals surface area contributed by atoms with Gasteiger partial charge in [0.1, 0.15) is 0 Å². The maximum absolute atomic E-state index is 5.40. The first-order valence-electron chi connectivity index (χ1n) is 7.02. The van der Waals surface area contributed by atoms with Crippen LogP contribution in [0.3, 0.4) is 0 Å². The second-order valence-electron chi connectivity index (χ2n) is 5.31. The van der Waals surface area contributed by atoms with E-state index in [-0.39, 0.29) is 0 Å². The highest BCUT2D eigenvalue weighted by molar-refractivity contribution is 5.44. The minimum absolute atomic E-state index is 0.338. The van der Waals surface area contributed by atoms with Crippen LogP contribution in [0.1, 0.15) is 25.3 Å². The van der Waals surface area contributed by atoms with Crippen molar-refractivity contribution in [2.75, 3.05) is 20.0 Å². The van der Waals surface area contributed by atoms with E-state index in [4.69, 9.17) is 14.2 Å². The van der Waals surface area contributed by atoms with E-state index >= 15 is 0 Å². The van der Waals surface area contributed by atoms with Gasteiger partial charge in [-0.15, -0.1) is 0 Å². The van der Waals surface area contributed by atoms with Crippen molar-refractivity contribution in [2.45, 2.75) is 32.4 Å². The van der Waals surface area contributed by atoms with E-state index in [9.17, 15) is 0 Å². The molecular weight excluding hydrogens is 242 g/mol. The van der Waals surface area contributed by atoms with Crippen LogP contribution in [0.2, 0.25) is 0 Å². The lowest BCUT2D eigenvalue weighted by Crippen LogP contribution is -2.36. The first-order valence-corrected chi connectivity index (χ1v) is 7.02. The molecule has 4 heteroatoms. The highest BCUT2D eigenvalue weighted by Gasteiger charge is 2.20. The summed E-state index contributed by atoms with van der Waals surface area (Å²) in [4.78, 5) is 0. The van der Waals surface area contributed by atoms with Crippen molar-refractivity contribution in [3.8, 4) is 11.5 Å². The summed E-state index contributed by atoms with van der Waals surface area (Å²) in [6.45, 7) is 5.28. The van der Waals surface area contributed by atoms with Gasteiger partial charge in [0, 0.05) is 25.8 Å². The van der Waals surface area contributed by atoms with Gasteiger partial charge in [0.25, 0.3) is 0 Å². The maximum Gasteiger partial charge on any atom is 0.231 e. The van der Waals surface area contributed by atoms with Crippen molar-refractivity contribution in [1.82, 2.24) is 5.32 Å². The Morgan fingerprint density at radius 1 is 1.21 bits per heavy atom. The molecule has 2 heterocycles. The van der Waals surface area contributed by atoms with Gasteiger partial charge in [0.15, 0.2) is 11.5 Å². The van der Waals surface area contributed by atoms with Crippen molar-refractivity contribution >= 4 is 0 Å². The zero-order chi connectivity index (χ0) is 13.1. The zero-order valence-corrected chi connectivity index (χ0v) is 11.4. The Morgan fingerprint density at radius 2 is 2.00 bits per heavy atom. The van der Waals surface area contributed by atoms with Crippen molar-refractivity contribution in [1.29, 1.82) is 0 Å². The summed E-state index contributed by atoms with van der Waals surface area (Å²) < 4.78 is 16.1. The molecule has 104 valence electrons. The topological polar surface area (TPSA) is 39.7 Å². The zero-order valence-electron chi connectivity index (χ0n) is 11.4. The van der Waals surface area contributed by atoms with Crippen molar-refractivity contribution in [3.05, 3.63) is 23.8 Å². The van der Waals surface area contributed by atoms with Crippen molar-refractivity contribution < 1.29 is 14.2 Å². The molecule has 1 fully saturated rings. The van der Waals surface area contributed by atoms with Crippen LogP contribution in [0.5, 0.6) is 11.5 Å². The largest absolute Gasteiger partial charge is 0.454 e. The third kappa shape index (κ3) is 3.01. The fourth-order valence-corrected chi connectivity index (χ4v) is 2.71. The Balaban J connectivity index is 1.53. The van der Waals surface area contributed by atoms with Gasteiger partial charge in [-0.2, -0.15) is 0 Å². The highest BCUT2D eigenvalue weighted by atomic mass is 16.7. The fraction of sp³-hybridized carbons (Fsp3) is 0.600. The van der Waals surface area contributed by atoms with Crippen LogP contribution in [0.4, 0.5) is 0 Å². The quantitative estimate of drug-likeness (QED) is 0.905. The second-order valence-corrected chi connectivity index (χ2v) is 5.31. The van der Waals surface area contributed by atoms with E-state index in [2.05, 4.69) is 24.4 Å². The van der Waals surface area contributed by atoms with Crippen molar-refractivity contribution in [3.63, 3.8) is 0 Å². The van der Waals surface area contributed by atoms with Gasteiger partial charge >= 0.3 is 0 Å². The van der Waals surface area contributed by atoms with Crippen LogP contribution in [0.15, 0.2) is 18.2 Å². The molecule has 19 heavy (non-hydrogen) atoms. The van der Waals surface area contributed by atoms with E-state index in [0.29, 0.717) is 12.8 Å². The Labute approximate surface area is 114 Å². The molecule has 1 unspecified atom stereocenters. The van der Waals surface area contributed by atoms with Crippen LogP contribution >= 0.6 is 0 Å². The van der Waals surface area contributed by atoms with Gasteiger partial charge in [0.05, 0.1) is 0 Å². The van der Waals surface area contributed by atoms with E-state index < -0.39 is 0 Å². The summed E-state index contributed by atoms with van der Waals surface area (Å²) in [5.41, 5.74) is 1.24. The monoisotopic (exact) mass is 263 g/mol. The summed E-state index contributed by atoms with van der Waals surface area (Å²) in [6, 6.07) is 6.66. The molecule has 1 aromatic carbocycles. The van der Waals surface area contributed by atoms with Gasteiger partial charge < -0.3 is 19.5 Å². The predicted molar refractivity (Wildman–Crippen MR) is 72.4 cm³/mol. The lowest BCUT2D eigenvalue weighted by atomic mass is 9.93. The number of benzene rings is 1.